The number of fused-ring (bicyclic) bond motifs is 2. The SMILES string of the molecule is CCCn1ncc(S(=O)(=O)N2CCC3=Cc4c(cnn4-c4ccc(F)cc4)CC3(C(=O)c3ccccn3)C2)n1. The predicted octanol–water partition coefficient (Wildman–Crippen LogP) is 3.31. The molecule has 1 aliphatic carbocycles. The normalized spacial score (nSPS) is 19.3. The minimum Gasteiger partial charge on any atom is -0.291 e. The van der Waals surface area contributed by atoms with Gasteiger partial charge in [-0.15, -0.1) is 5.10 Å². The molecule has 39 heavy (non-hydrogen) atoms. The number of Topliss-reactive ketones (excluding diaryl/α,β-unsaturated/α-hetero) is 1. The third kappa shape index (κ3) is 4.29. The Hall–Kier alpha value is -4.03. The molecule has 6 rings (SSSR count). The number of benzene rings is 1. The topological polar surface area (TPSA) is 116 Å². The number of pyridine rings is 1. The number of carbonyl (C=O) groups excluding carboxylic acids is 1. The fourth-order valence-electron chi connectivity index (χ4n) is 5.39. The van der Waals surface area contributed by atoms with Crippen molar-refractivity contribution in [3.63, 3.8) is 0 Å². The van der Waals surface area contributed by atoms with E-state index in [0.717, 1.165) is 23.3 Å². The van der Waals surface area contributed by atoms with Crippen LogP contribution >= 0.6 is 0 Å². The molecule has 1 saturated heterocycles. The van der Waals surface area contributed by atoms with Gasteiger partial charge in [0.1, 0.15) is 11.5 Å². The highest BCUT2D eigenvalue weighted by molar-refractivity contribution is 7.89. The molecule has 0 spiro atoms. The molecule has 1 atom stereocenters. The Labute approximate surface area is 224 Å². The Kier molecular flexibility index (Phi) is 6.23. The molecule has 4 aromatic rings. The van der Waals surface area contributed by atoms with Crippen molar-refractivity contribution < 1.29 is 17.6 Å². The first-order chi connectivity index (χ1) is 18.8. The monoisotopic (exact) mass is 547 g/mol. The molecule has 1 fully saturated rings. The summed E-state index contributed by atoms with van der Waals surface area (Å²) in [4.78, 5) is 19.8. The van der Waals surface area contributed by atoms with E-state index in [-0.39, 0.29) is 41.8 Å². The molecule has 200 valence electrons. The van der Waals surface area contributed by atoms with Gasteiger partial charge in [-0.1, -0.05) is 18.6 Å². The van der Waals surface area contributed by atoms with Crippen LogP contribution in [-0.2, 0) is 23.0 Å². The maximum atomic E-state index is 14.2. The van der Waals surface area contributed by atoms with E-state index in [1.165, 1.54) is 27.4 Å². The van der Waals surface area contributed by atoms with Crippen molar-refractivity contribution in [2.24, 2.45) is 5.41 Å². The van der Waals surface area contributed by atoms with Crippen molar-refractivity contribution >= 4 is 21.9 Å². The number of hydrogen-bond acceptors (Lipinski definition) is 7. The average Bonchev–Trinajstić information content (AvgIpc) is 3.59. The van der Waals surface area contributed by atoms with Crippen LogP contribution in [0.25, 0.3) is 11.8 Å². The molecule has 2 aliphatic rings. The molecule has 0 amide bonds. The average molecular weight is 548 g/mol. The van der Waals surface area contributed by atoms with Crippen LogP contribution in [-0.4, -0.2) is 61.4 Å². The molecule has 12 heteroatoms. The number of piperidine rings is 1. The van der Waals surface area contributed by atoms with Crippen LogP contribution in [0.3, 0.4) is 0 Å². The second-order valence-electron chi connectivity index (χ2n) is 9.78. The quantitative estimate of drug-likeness (QED) is 0.326. The maximum Gasteiger partial charge on any atom is 0.264 e. The first kappa shape index (κ1) is 25.3. The first-order valence-corrected chi connectivity index (χ1v) is 14.2. The number of carbonyl (C=O) groups is 1. The van der Waals surface area contributed by atoms with Crippen molar-refractivity contribution in [2.75, 3.05) is 13.1 Å². The minimum absolute atomic E-state index is 0.0572. The number of aromatic nitrogens is 6. The van der Waals surface area contributed by atoms with Crippen molar-refractivity contribution in [3.05, 3.63) is 89.4 Å². The van der Waals surface area contributed by atoms with Gasteiger partial charge in [0, 0.05) is 19.3 Å². The summed E-state index contributed by atoms with van der Waals surface area (Å²) in [5.41, 5.74) is 2.19. The summed E-state index contributed by atoms with van der Waals surface area (Å²) in [5, 5.41) is 12.7. The van der Waals surface area contributed by atoms with Crippen LogP contribution in [0.5, 0.6) is 0 Å². The lowest BCUT2D eigenvalue weighted by Gasteiger charge is -2.44. The van der Waals surface area contributed by atoms with Gasteiger partial charge in [0.15, 0.2) is 5.78 Å². The summed E-state index contributed by atoms with van der Waals surface area (Å²) in [6, 6.07) is 11.1. The minimum atomic E-state index is -4.00. The molecule has 4 heterocycles. The van der Waals surface area contributed by atoms with E-state index < -0.39 is 15.4 Å². The lowest BCUT2D eigenvalue weighted by Crippen LogP contribution is -2.53. The lowest BCUT2D eigenvalue weighted by molar-refractivity contribution is 0.0770. The summed E-state index contributed by atoms with van der Waals surface area (Å²) in [5.74, 6) is -0.592. The van der Waals surface area contributed by atoms with Gasteiger partial charge in [-0.25, -0.2) is 17.5 Å². The Morgan fingerprint density at radius 1 is 1.10 bits per heavy atom. The summed E-state index contributed by atoms with van der Waals surface area (Å²) < 4.78 is 43.9. The molecule has 1 aromatic carbocycles. The molecule has 3 aromatic heterocycles. The molecule has 0 radical (unpaired) electrons. The largest absolute Gasteiger partial charge is 0.291 e. The maximum absolute atomic E-state index is 14.2. The molecular formula is C27H26FN7O3S. The first-order valence-electron chi connectivity index (χ1n) is 12.7. The standard InChI is InChI=1S/C27H26FN7O3S/c1-2-12-34-30-17-25(32-34)39(37,38)33-13-10-20-14-24-19(16-31-35(24)22-8-6-21(28)7-9-22)15-27(20,18-33)26(36)23-5-3-4-11-29-23/h3-9,11,14,16-17H,2,10,12-13,15,18H2,1H3. The van der Waals surface area contributed by atoms with Crippen molar-refractivity contribution in [1.29, 1.82) is 0 Å². The van der Waals surface area contributed by atoms with Gasteiger partial charge in [-0.05, 0) is 67.3 Å². The highest BCUT2D eigenvalue weighted by Gasteiger charge is 2.51. The number of halogens is 1. The van der Waals surface area contributed by atoms with Crippen LogP contribution in [0.2, 0.25) is 0 Å². The Bertz CT molecular complexity index is 1680. The van der Waals surface area contributed by atoms with E-state index in [1.54, 1.807) is 47.4 Å². The van der Waals surface area contributed by atoms with E-state index in [4.69, 9.17) is 0 Å². The van der Waals surface area contributed by atoms with Gasteiger partial charge in [0.25, 0.3) is 10.0 Å². The predicted molar refractivity (Wildman–Crippen MR) is 140 cm³/mol. The number of rotatable bonds is 7. The summed E-state index contributed by atoms with van der Waals surface area (Å²) in [7, 11) is -4.00. The van der Waals surface area contributed by atoms with Gasteiger partial charge >= 0.3 is 0 Å². The highest BCUT2D eigenvalue weighted by atomic mass is 32.2. The van der Waals surface area contributed by atoms with Gasteiger partial charge < -0.3 is 0 Å². The third-order valence-corrected chi connectivity index (χ3v) is 9.03. The zero-order chi connectivity index (χ0) is 27.2. The summed E-state index contributed by atoms with van der Waals surface area (Å²) in [6.07, 6.45) is 7.78. The molecule has 0 saturated carbocycles. The number of nitrogens with zero attached hydrogens (tertiary/aromatic N) is 7. The van der Waals surface area contributed by atoms with Gasteiger partial charge in [-0.2, -0.15) is 19.3 Å². The lowest BCUT2D eigenvalue weighted by atomic mass is 9.65. The second-order valence-corrected chi connectivity index (χ2v) is 11.7. The van der Waals surface area contributed by atoms with Crippen LogP contribution in [0.1, 0.15) is 41.5 Å². The molecule has 1 aliphatic heterocycles. The Morgan fingerprint density at radius 3 is 2.67 bits per heavy atom. The molecule has 1 unspecified atom stereocenters. The van der Waals surface area contributed by atoms with Gasteiger partial charge in [-0.3, -0.25) is 9.78 Å². The fourth-order valence-corrected chi connectivity index (χ4v) is 6.76. The Balaban J connectivity index is 1.42. The number of sulfonamides is 1. The zero-order valence-electron chi connectivity index (χ0n) is 21.2. The molecule has 10 nitrogen and oxygen atoms in total. The van der Waals surface area contributed by atoms with E-state index in [9.17, 15) is 17.6 Å². The van der Waals surface area contributed by atoms with E-state index in [2.05, 4.69) is 20.3 Å². The van der Waals surface area contributed by atoms with Gasteiger partial charge in [0.2, 0.25) is 5.03 Å². The van der Waals surface area contributed by atoms with Crippen molar-refractivity contribution in [2.45, 2.75) is 37.8 Å². The van der Waals surface area contributed by atoms with E-state index in [0.29, 0.717) is 18.7 Å². The van der Waals surface area contributed by atoms with Crippen LogP contribution in [0.15, 0.2) is 71.7 Å². The van der Waals surface area contributed by atoms with Crippen LogP contribution in [0, 0.1) is 11.2 Å². The van der Waals surface area contributed by atoms with E-state index >= 15 is 0 Å². The smallest absolute Gasteiger partial charge is 0.264 e. The van der Waals surface area contributed by atoms with Gasteiger partial charge in [0.05, 0.1) is 35.7 Å². The molecule has 0 N–H and O–H groups in total. The second kappa shape index (κ2) is 9.62. The number of ketones is 1. The highest BCUT2D eigenvalue weighted by Crippen LogP contribution is 2.47. The molecular weight excluding hydrogens is 521 g/mol. The van der Waals surface area contributed by atoms with Crippen LogP contribution < -0.4 is 0 Å². The Morgan fingerprint density at radius 2 is 1.92 bits per heavy atom. The molecule has 0 bridgehead atoms. The number of hydrogen-bond donors (Lipinski definition) is 0. The van der Waals surface area contributed by atoms with Crippen molar-refractivity contribution in [3.8, 4) is 5.69 Å². The van der Waals surface area contributed by atoms with E-state index in [1.807, 2.05) is 13.0 Å². The zero-order valence-corrected chi connectivity index (χ0v) is 22.1. The fraction of sp³-hybridized carbons (Fsp3) is 0.296. The number of aryl methyl sites for hydroxylation is 1. The van der Waals surface area contributed by atoms with Crippen molar-refractivity contribution in [1.82, 2.24) is 34.1 Å². The van der Waals surface area contributed by atoms with Crippen LogP contribution in [0.4, 0.5) is 4.39 Å². The third-order valence-electron chi connectivity index (χ3n) is 7.33. The summed E-state index contributed by atoms with van der Waals surface area (Å²) >= 11 is 0. The summed E-state index contributed by atoms with van der Waals surface area (Å²) in [6.45, 7) is 2.59.